The van der Waals surface area contributed by atoms with E-state index < -0.39 is 6.03 Å². The van der Waals surface area contributed by atoms with Crippen molar-refractivity contribution in [3.05, 3.63) is 23.3 Å². The highest BCUT2D eigenvalue weighted by atomic mass is 16.5. The number of nitrogens with zero attached hydrogens (tertiary/aromatic N) is 1. The smallest absolute Gasteiger partial charge is 0.326 e. The normalized spacial score (nSPS) is 11.1. The molecule has 2 amide bonds. The number of guanidine groups is 1. The molecule has 0 aromatic heterocycles. The maximum Gasteiger partial charge on any atom is 0.326 e. The van der Waals surface area contributed by atoms with E-state index in [9.17, 15) is 4.79 Å². The summed E-state index contributed by atoms with van der Waals surface area (Å²) in [6.45, 7) is 8.90. The van der Waals surface area contributed by atoms with Crippen molar-refractivity contribution in [3.8, 4) is 5.75 Å². The van der Waals surface area contributed by atoms with Gasteiger partial charge in [0.15, 0.2) is 5.96 Å². The van der Waals surface area contributed by atoms with E-state index in [2.05, 4.69) is 15.6 Å². The van der Waals surface area contributed by atoms with Gasteiger partial charge in [0, 0.05) is 12.1 Å². The summed E-state index contributed by atoms with van der Waals surface area (Å²) in [5, 5.41) is 5.30. The quantitative estimate of drug-likeness (QED) is 0.575. The molecule has 116 valence electrons. The number of amides is 2. The zero-order valence-electron chi connectivity index (χ0n) is 13.1. The van der Waals surface area contributed by atoms with Gasteiger partial charge in [0.25, 0.3) is 0 Å². The molecular weight excluding hydrogens is 268 g/mol. The van der Waals surface area contributed by atoms with Crippen LogP contribution < -0.4 is 21.1 Å². The van der Waals surface area contributed by atoms with Crippen molar-refractivity contribution in [2.45, 2.75) is 34.1 Å². The number of rotatable bonds is 5. The van der Waals surface area contributed by atoms with Crippen LogP contribution in [0.1, 0.15) is 31.4 Å². The standard InChI is InChI=1S/C15H24N4O2/c1-5-9-17-14(16)19-15(20)18-13-10(3)7-8-12(11(13)4)21-6-2/h7-8H,5-6,9H2,1-4H3,(H4,16,17,18,19,20). The summed E-state index contributed by atoms with van der Waals surface area (Å²) in [7, 11) is 0. The molecule has 6 heteroatoms. The van der Waals surface area contributed by atoms with E-state index in [1.165, 1.54) is 0 Å². The van der Waals surface area contributed by atoms with Crippen LogP contribution in [0.2, 0.25) is 0 Å². The van der Waals surface area contributed by atoms with Crippen molar-refractivity contribution >= 4 is 17.7 Å². The Balaban J connectivity index is 2.82. The van der Waals surface area contributed by atoms with E-state index in [1.807, 2.05) is 39.8 Å². The van der Waals surface area contributed by atoms with Crippen molar-refractivity contribution in [1.82, 2.24) is 5.32 Å². The van der Waals surface area contributed by atoms with Crippen LogP contribution in [0.4, 0.5) is 10.5 Å². The Bertz CT molecular complexity index is 527. The van der Waals surface area contributed by atoms with E-state index in [0.29, 0.717) is 13.2 Å². The molecule has 0 radical (unpaired) electrons. The van der Waals surface area contributed by atoms with Gasteiger partial charge in [0.05, 0.1) is 12.3 Å². The molecule has 0 aliphatic rings. The predicted molar refractivity (Wildman–Crippen MR) is 86.0 cm³/mol. The second-order valence-corrected chi connectivity index (χ2v) is 4.66. The third-order valence-electron chi connectivity index (χ3n) is 2.91. The highest BCUT2D eigenvalue weighted by Gasteiger charge is 2.11. The molecule has 0 fully saturated rings. The summed E-state index contributed by atoms with van der Waals surface area (Å²) >= 11 is 0. The van der Waals surface area contributed by atoms with Gasteiger partial charge in [-0.3, -0.25) is 10.3 Å². The fourth-order valence-corrected chi connectivity index (χ4v) is 1.87. The molecule has 1 aromatic carbocycles. The third kappa shape index (κ3) is 4.98. The topological polar surface area (TPSA) is 88.7 Å². The molecule has 0 aliphatic carbocycles. The maximum absolute atomic E-state index is 11.9. The van der Waals surface area contributed by atoms with Crippen LogP contribution in [-0.4, -0.2) is 25.1 Å². The monoisotopic (exact) mass is 292 g/mol. The summed E-state index contributed by atoms with van der Waals surface area (Å²) < 4.78 is 5.53. The minimum Gasteiger partial charge on any atom is -0.494 e. The summed E-state index contributed by atoms with van der Waals surface area (Å²) in [5.74, 6) is 0.872. The second kappa shape index (κ2) is 8.14. The number of carbonyl (C=O) groups excluding carboxylic acids is 1. The first-order valence-electron chi connectivity index (χ1n) is 7.10. The molecule has 4 N–H and O–H groups in total. The van der Waals surface area contributed by atoms with E-state index in [4.69, 9.17) is 10.5 Å². The number of aliphatic imine (C=N–C) groups is 1. The van der Waals surface area contributed by atoms with Crippen LogP contribution in [0, 0.1) is 13.8 Å². The van der Waals surface area contributed by atoms with Gasteiger partial charge in [-0.15, -0.1) is 0 Å². The number of anilines is 1. The lowest BCUT2D eigenvalue weighted by Gasteiger charge is -2.15. The Morgan fingerprint density at radius 2 is 2.05 bits per heavy atom. The zero-order chi connectivity index (χ0) is 15.8. The zero-order valence-corrected chi connectivity index (χ0v) is 13.1. The highest BCUT2D eigenvalue weighted by Crippen LogP contribution is 2.28. The van der Waals surface area contributed by atoms with Crippen molar-refractivity contribution in [3.63, 3.8) is 0 Å². The molecule has 0 atom stereocenters. The Labute approximate surface area is 125 Å². The molecule has 21 heavy (non-hydrogen) atoms. The van der Waals surface area contributed by atoms with Gasteiger partial charge in [-0.2, -0.15) is 0 Å². The number of benzene rings is 1. The van der Waals surface area contributed by atoms with E-state index in [1.54, 1.807) is 0 Å². The van der Waals surface area contributed by atoms with Gasteiger partial charge < -0.3 is 15.8 Å². The second-order valence-electron chi connectivity index (χ2n) is 4.66. The summed E-state index contributed by atoms with van der Waals surface area (Å²) in [5.41, 5.74) is 8.18. The van der Waals surface area contributed by atoms with Crippen molar-refractivity contribution < 1.29 is 9.53 Å². The van der Waals surface area contributed by atoms with Crippen LogP contribution in [-0.2, 0) is 0 Å². The Morgan fingerprint density at radius 1 is 1.33 bits per heavy atom. The average Bonchev–Trinajstić information content (AvgIpc) is 2.44. The number of nitrogens with two attached hydrogens (primary N) is 1. The number of hydrogen-bond donors (Lipinski definition) is 3. The molecule has 1 aromatic rings. The van der Waals surface area contributed by atoms with Gasteiger partial charge in [0.1, 0.15) is 5.75 Å². The fraction of sp³-hybridized carbons (Fsp3) is 0.467. The van der Waals surface area contributed by atoms with Crippen LogP contribution in [0.3, 0.4) is 0 Å². The third-order valence-corrected chi connectivity index (χ3v) is 2.91. The van der Waals surface area contributed by atoms with Gasteiger partial charge in [-0.25, -0.2) is 4.79 Å². The Morgan fingerprint density at radius 3 is 2.67 bits per heavy atom. The molecule has 6 nitrogen and oxygen atoms in total. The van der Waals surface area contributed by atoms with Crippen molar-refractivity contribution in [2.75, 3.05) is 18.5 Å². The molecular formula is C15H24N4O2. The minimum atomic E-state index is -0.410. The molecule has 1 rings (SSSR count). The number of nitrogens with one attached hydrogen (secondary N) is 2. The molecule has 0 unspecified atom stereocenters. The molecule has 0 bridgehead atoms. The van der Waals surface area contributed by atoms with Crippen LogP contribution in [0.5, 0.6) is 5.75 Å². The van der Waals surface area contributed by atoms with E-state index in [0.717, 1.165) is 29.0 Å². The summed E-state index contributed by atoms with van der Waals surface area (Å²) in [6.07, 6.45) is 0.874. The van der Waals surface area contributed by atoms with Gasteiger partial charge in [-0.05, 0) is 38.8 Å². The number of carbonyl (C=O) groups is 1. The van der Waals surface area contributed by atoms with Crippen LogP contribution >= 0.6 is 0 Å². The Hall–Kier alpha value is -2.24. The van der Waals surface area contributed by atoms with E-state index >= 15 is 0 Å². The lowest BCUT2D eigenvalue weighted by Crippen LogP contribution is -2.40. The van der Waals surface area contributed by atoms with Crippen molar-refractivity contribution in [2.24, 2.45) is 10.7 Å². The SMILES string of the molecule is CCCN=C(N)NC(=O)Nc1c(C)ccc(OCC)c1C. The van der Waals surface area contributed by atoms with Crippen molar-refractivity contribution in [1.29, 1.82) is 0 Å². The van der Waals surface area contributed by atoms with Gasteiger partial charge >= 0.3 is 6.03 Å². The number of urea groups is 1. The van der Waals surface area contributed by atoms with Crippen LogP contribution in [0.25, 0.3) is 0 Å². The summed E-state index contributed by atoms with van der Waals surface area (Å²) in [6, 6.07) is 3.39. The minimum absolute atomic E-state index is 0.116. The largest absolute Gasteiger partial charge is 0.494 e. The predicted octanol–water partition coefficient (Wildman–Crippen LogP) is 2.55. The fourth-order valence-electron chi connectivity index (χ4n) is 1.87. The maximum atomic E-state index is 11.9. The molecule has 0 heterocycles. The number of ether oxygens (including phenoxy) is 1. The molecule has 0 spiro atoms. The number of aryl methyl sites for hydroxylation is 1. The molecule has 0 aliphatic heterocycles. The lowest BCUT2D eigenvalue weighted by atomic mass is 10.1. The average molecular weight is 292 g/mol. The Kier molecular flexibility index (Phi) is 6.52. The number of hydrogen-bond acceptors (Lipinski definition) is 3. The van der Waals surface area contributed by atoms with Gasteiger partial charge in [-0.1, -0.05) is 13.0 Å². The first kappa shape index (κ1) is 16.8. The molecule has 0 saturated heterocycles. The van der Waals surface area contributed by atoms with Crippen LogP contribution in [0.15, 0.2) is 17.1 Å². The first-order chi connectivity index (χ1) is 9.99. The van der Waals surface area contributed by atoms with Gasteiger partial charge in [0.2, 0.25) is 0 Å². The lowest BCUT2D eigenvalue weighted by molar-refractivity contribution is 0.256. The first-order valence-corrected chi connectivity index (χ1v) is 7.10. The van der Waals surface area contributed by atoms with E-state index in [-0.39, 0.29) is 5.96 Å². The molecule has 0 saturated carbocycles. The highest BCUT2D eigenvalue weighted by molar-refractivity contribution is 6.02. The summed E-state index contributed by atoms with van der Waals surface area (Å²) in [4.78, 5) is 15.9.